The minimum atomic E-state index is -0.824. The number of fused-ring (bicyclic) bond motifs is 1. The van der Waals surface area contributed by atoms with Crippen LogP contribution in [0.5, 0.6) is 5.75 Å². The molecule has 0 unspecified atom stereocenters. The zero-order valence-corrected chi connectivity index (χ0v) is 15.5. The molecule has 29 heavy (non-hydrogen) atoms. The van der Waals surface area contributed by atoms with Crippen LogP contribution in [0.3, 0.4) is 0 Å². The Morgan fingerprint density at radius 3 is 2.45 bits per heavy atom. The van der Waals surface area contributed by atoms with Crippen molar-refractivity contribution in [3.05, 3.63) is 82.9 Å². The lowest BCUT2D eigenvalue weighted by Crippen LogP contribution is -2.03. The standard InChI is InChI=1S/C21H15F4N3O/c1-11-6-18(29-10-14-15(22)4-3-5-16(14)23)21-27-12(2)20(28(21)9-11)13-7-19(25)26-8-17(13)24/h3-9H,10H2,1-2H3. The van der Waals surface area contributed by atoms with Crippen molar-refractivity contribution >= 4 is 5.65 Å². The minimum absolute atomic E-state index is 0.000742. The van der Waals surface area contributed by atoms with E-state index in [-0.39, 0.29) is 23.5 Å². The van der Waals surface area contributed by atoms with Crippen LogP contribution in [0.4, 0.5) is 17.6 Å². The van der Waals surface area contributed by atoms with E-state index in [0.717, 1.165) is 30.0 Å². The highest BCUT2D eigenvalue weighted by atomic mass is 19.1. The summed E-state index contributed by atoms with van der Waals surface area (Å²) in [5, 5.41) is 0. The van der Waals surface area contributed by atoms with Gasteiger partial charge in [-0.05, 0) is 37.6 Å². The van der Waals surface area contributed by atoms with Gasteiger partial charge in [0.25, 0.3) is 0 Å². The van der Waals surface area contributed by atoms with Gasteiger partial charge in [-0.25, -0.2) is 23.1 Å². The molecule has 3 heterocycles. The second-order valence-corrected chi connectivity index (χ2v) is 6.60. The second-order valence-electron chi connectivity index (χ2n) is 6.60. The summed E-state index contributed by atoms with van der Waals surface area (Å²) in [5.41, 5.74) is 1.61. The fourth-order valence-electron chi connectivity index (χ4n) is 3.20. The first-order valence-electron chi connectivity index (χ1n) is 8.71. The van der Waals surface area contributed by atoms with E-state index < -0.39 is 23.4 Å². The maximum atomic E-state index is 14.3. The molecule has 3 aromatic heterocycles. The summed E-state index contributed by atoms with van der Waals surface area (Å²) in [7, 11) is 0. The number of rotatable bonds is 4. The van der Waals surface area contributed by atoms with Gasteiger partial charge in [-0.2, -0.15) is 4.39 Å². The van der Waals surface area contributed by atoms with Gasteiger partial charge in [0, 0.05) is 17.8 Å². The molecule has 0 atom stereocenters. The lowest BCUT2D eigenvalue weighted by molar-refractivity contribution is 0.294. The van der Waals surface area contributed by atoms with Crippen LogP contribution < -0.4 is 4.74 Å². The molecule has 0 spiro atoms. The van der Waals surface area contributed by atoms with Crippen LogP contribution in [0.15, 0.2) is 42.7 Å². The molecule has 0 aliphatic carbocycles. The van der Waals surface area contributed by atoms with Gasteiger partial charge >= 0.3 is 0 Å². The maximum absolute atomic E-state index is 14.3. The van der Waals surface area contributed by atoms with Crippen molar-refractivity contribution < 1.29 is 22.3 Å². The van der Waals surface area contributed by atoms with Crippen LogP contribution in [0.2, 0.25) is 0 Å². The van der Waals surface area contributed by atoms with E-state index in [2.05, 4.69) is 9.97 Å². The van der Waals surface area contributed by atoms with Gasteiger partial charge in [0.15, 0.2) is 17.2 Å². The van der Waals surface area contributed by atoms with E-state index in [4.69, 9.17) is 4.74 Å². The average Bonchev–Trinajstić information content (AvgIpc) is 2.99. The van der Waals surface area contributed by atoms with Crippen LogP contribution in [0.25, 0.3) is 16.9 Å². The number of pyridine rings is 2. The quantitative estimate of drug-likeness (QED) is 0.351. The van der Waals surface area contributed by atoms with Crippen LogP contribution in [-0.2, 0) is 6.61 Å². The first-order valence-corrected chi connectivity index (χ1v) is 8.71. The number of aryl methyl sites for hydroxylation is 2. The Morgan fingerprint density at radius 1 is 1.00 bits per heavy atom. The molecule has 4 rings (SSSR count). The van der Waals surface area contributed by atoms with Crippen LogP contribution in [0, 0.1) is 37.2 Å². The summed E-state index contributed by atoms with van der Waals surface area (Å²) < 4.78 is 62.9. The predicted octanol–water partition coefficient (Wildman–Crippen LogP) is 5.15. The summed E-state index contributed by atoms with van der Waals surface area (Å²) in [6.07, 6.45) is 2.50. The molecule has 0 aliphatic rings. The lowest BCUT2D eigenvalue weighted by Gasteiger charge is -2.11. The molecule has 8 heteroatoms. The van der Waals surface area contributed by atoms with Crippen molar-refractivity contribution in [1.82, 2.24) is 14.4 Å². The molecular formula is C21H15F4N3O. The first kappa shape index (κ1) is 18.9. The summed E-state index contributed by atoms with van der Waals surface area (Å²) in [5.74, 6) is -2.70. The molecule has 148 valence electrons. The van der Waals surface area contributed by atoms with Gasteiger partial charge in [0.05, 0.1) is 23.1 Å². The van der Waals surface area contributed by atoms with Crippen molar-refractivity contribution in [2.24, 2.45) is 0 Å². The Labute approximate surface area is 163 Å². The number of ether oxygens (including phenoxy) is 1. The molecule has 0 aliphatic heterocycles. The zero-order chi connectivity index (χ0) is 20.7. The molecule has 0 bridgehead atoms. The smallest absolute Gasteiger partial charge is 0.213 e. The topological polar surface area (TPSA) is 39.4 Å². The van der Waals surface area contributed by atoms with E-state index in [9.17, 15) is 17.6 Å². The third-order valence-electron chi connectivity index (χ3n) is 4.51. The number of benzene rings is 1. The Bertz CT molecular complexity index is 1220. The van der Waals surface area contributed by atoms with Crippen molar-refractivity contribution in [3.63, 3.8) is 0 Å². The molecular weight excluding hydrogens is 386 g/mol. The van der Waals surface area contributed by atoms with Crippen molar-refractivity contribution in [3.8, 4) is 17.0 Å². The van der Waals surface area contributed by atoms with Gasteiger partial charge in [0.2, 0.25) is 5.95 Å². The van der Waals surface area contributed by atoms with Crippen LogP contribution in [-0.4, -0.2) is 14.4 Å². The predicted molar refractivity (Wildman–Crippen MR) is 98.5 cm³/mol. The van der Waals surface area contributed by atoms with Crippen LogP contribution in [0.1, 0.15) is 16.8 Å². The summed E-state index contributed by atoms with van der Waals surface area (Å²) in [4.78, 5) is 7.71. The molecule has 1 aromatic carbocycles. The third-order valence-corrected chi connectivity index (χ3v) is 4.51. The Balaban J connectivity index is 1.82. The average molecular weight is 401 g/mol. The second kappa shape index (κ2) is 7.20. The SMILES string of the molecule is Cc1cc(OCc2c(F)cccc2F)c2nc(C)c(-c3cc(F)ncc3F)n2c1. The molecule has 0 N–H and O–H groups in total. The van der Waals surface area contributed by atoms with E-state index in [1.807, 2.05) is 0 Å². The summed E-state index contributed by atoms with van der Waals surface area (Å²) >= 11 is 0. The summed E-state index contributed by atoms with van der Waals surface area (Å²) in [6.45, 7) is 3.07. The number of aromatic nitrogens is 3. The van der Waals surface area contributed by atoms with Gasteiger partial charge in [0.1, 0.15) is 18.2 Å². The van der Waals surface area contributed by atoms with E-state index >= 15 is 0 Å². The molecule has 0 saturated heterocycles. The number of imidazole rings is 1. The normalized spacial score (nSPS) is 11.2. The van der Waals surface area contributed by atoms with E-state index in [1.54, 1.807) is 30.5 Å². The monoisotopic (exact) mass is 401 g/mol. The van der Waals surface area contributed by atoms with Gasteiger partial charge in [-0.1, -0.05) is 6.07 Å². The Hall–Kier alpha value is -3.42. The van der Waals surface area contributed by atoms with Crippen molar-refractivity contribution in [2.75, 3.05) is 0 Å². The zero-order valence-electron chi connectivity index (χ0n) is 15.5. The molecule has 0 radical (unpaired) electrons. The van der Waals surface area contributed by atoms with Gasteiger partial charge < -0.3 is 4.74 Å². The fraction of sp³-hybridized carbons (Fsp3) is 0.143. The number of halogens is 4. The molecule has 4 aromatic rings. The number of hydrogen-bond donors (Lipinski definition) is 0. The van der Waals surface area contributed by atoms with Crippen molar-refractivity contribution in [1.29, 1.82) is 0 Å². The highest BCUT2D eigenvalue weighted by Crippen LogP contribution is 2.32. The van der Waals surface area contributed by atoms with Gasteiger partial charge in [-0.3, -0.25) is 4.40 Å². The third kappa shape index (κ3) is 3.41. The highest BCUT2D eigenvalue weighted by Gasteiger charge is 2.19. The lowest BCUT2D eigenvalue weighted by atomic mass is 10.1. The van der Waals surface area contributed by atoms with Gasteiger partial charge in [-0.15, -0.1) is 0 Å². The Morgan fingerprint density at radius 2 is 1.72 bits per heavy atom. The molecule has 0 saturated carbocycles. The maximum Gasteiger partial charge on any atom is 0.213 e. The summed E-state index contributed by atoms with van der Waals surface area (Å²) in [6, 6.07) is 6.21. The van der Waals surface area contributed by atoms with Crippen molar-refractivity contribution in [2.45, 2.75) is 20.5 Å². The Kier molecular flexibility index (Phi) is 4.70. The first-order chi connectivity index (χ1) is 13.8. The fourth-order valence-corrected chi connectivity index (χ4v) is 3.20. The molecule has 0 fully saturated rings. The van der Waals surface area contributed by atoms with E-state index in [0.29, 0.717) is 17.0 Å². The molecule has 0 amide bonds. The number of nitrogens with zero attached hydrogens (tertiary/aromatic N) is 3. The minimum Gasteiger partial charge on any atom is -0.485 e. The molecule has 4 nitrogen and oxygen atoms in total. The van der Waals surface area contributed by atoms with Crippen LogP contribution >= 0.6 is 0 Å². The number of hydrogen-bond acceptors (Lipinski definition) is 3. The highest BCUT2D eigenvalue weighted by molar-refractivity contribution is 5.70. The van der Waals surface area contributed by atoms with E-state index in [1.165, 1.54) is 6.07 Å². The largest absolute Gasteiger partial charge is 0.485 e.